The van der Waals surface area contributed by atoms with E-state index >= 15 is 0 Å². The molecule has 4 N–H and O–H groups in total. The molecule has 0 aromatic carbocycles. The second-order valence-corrected chi connectivity index (χ2v) is 6.60. The van der Waals surface area contributed by atoms with Crippen molar-refractivity contribution in [1.82, 2.24) is 0 Å². The van der Waals surface area contributed by atoms with Crippen LogP contribution in [-0.2, 0) is 9.59 Å². The molecular weight excluding hydrogens is 848 g/mol. The third-order valence-corrected chi connectivity index (χ3v) is 3.25. The highest BCUT2D eigenvalue weighted by molar-refractivity contribution is 9.93. The topological polar surface area (TPSA) is 288 Å². The van der Waals surface area contributed by atoms with E-state index in [1.54, 1.807) is 13.8 Å². The van der Waals surface area contributed by atoms with Crippen molar-refractivity contribution < 1.29 is 49.7 Å². The standard InChI is InChI=1S/C3H6BrNO4.C3H7NO4.C3H7NO2.CH2BrNO2.2CH2O.2CH4.Br2.BrH/c4-3(1-6,2-7)5(8)9;5-1-3(2-6)4(7)8;1-3(2)4(5)6;2-1-3(4)5;2*1-2;;;1-2;/h6-7H,1-2H2;3,5-6H,1-2H2;3H,1-2H3;1H2;2*1H2;2*1H4;;1H. The highest BCUT2D eigenvalue weighted by Gasteiger charge is 2.38. The molecule has 0 radical (unpaired) electrons. The van der Waals surface area contributed by atoms with Gasteiger partial charge in [0.05, 0.1) is 0 Å². The number of aliphatic hydroxyl groups excluding tert-OH is 4. The number of nitro groups is 4. The Kier molecular flexibility index (Phi) is 91.4. The number of carbonyl (C=O) groups is 2. The number of rotatable bonds is 8. The quantitative estimate of drug-likeness (QED) is 0.118. The zero-order valence-electron chi connectivity index (χ0n) is 18.2. The van der Waals surface area contributed by atoms with Gasteiger partial charge in [0.25, 0.3) is 11.5 Å². The second-order valence-electron chi connectivity index (χ2n) is 4.63. The monoisotopic (exact) mass is 878 g/mol. The van der Waals surface area contributed by atoms with Gasteiger partial charge in [0.15, 0.2) is 0 Å². The number of hydrogen-bond acceptors (Lipinski definition) is 14. The lowest BCUT2D eigenvalue weighted by atomic mass is 10.4. The Morgan fingerprint density at radius 3 is 1.00 bits per heavy atom. The van der Waals surface area contributed by atoms with Gasteiger partial charge in [-0.3, -0.25) is 40.5 Å². The van der Waals surface area contributed by atoms with E-state index in [1.807, 2.05) is 13.6 Å². The maximum atomic E-state index is 9.92. The molecule has 0 unspecified atom stereocenters. The van der Waals surface area contributed by atoms with Crippen molar-refractivity contribution in [2.75, 3.05) is 31.9 Å². The van der Waals surface area contributed by atoms with Gasteiger partial charge in [0, 0.05) is 77.7 Å². The summed E-state index contributed by atoms with van der Waals surface area (Å²) in [5.74, 6) is 0. The van der Waals surface area contributed by atoms with Crippen molar-refractivity contribution in [2.24, 2.45) is 0 Å². The Bertz CT molecular complexity index is 503. The third kappa shape index (κ3) is 61.1. The first-order valence-corrected chi connectivity index (χ1v) is 13.3. The fourth-order valence-corrected chi connectivity index (χ4v) is 0.357. The molecule has 0 amide bonds. The number of alkyl halides is 2. The van der Waals surface area contributed by atoms with Crippen molar-refractivity contribution in [3.8, 4) is 0 Å². The van der Waals surface area contributed by atoms with Crippen LogP contribution in [0.4, 0.5) is 0 Å². The summed E-state index contributed by atoms with van der Waals surface area (Å²) in [5.41, 5.74) is -0.160. The number of hydrogen-bond donors (Lipinski definition) is 4. The first kappa shape index (κ1) is 65.3. The minimum atomic E-state index is -1.77. The molecule has 0 atom stereocenters. The molecular formula is C14H35Br5N4O14. The van der Waals surface area contributed by atoms with E-state index in [0.29, 0.717) is 0 Å². The van der Waals surface area contributed by atoms with Crippen LogP contribution in [0.5, 0.6) is 0 Å². The van der Waals surface area contributed by atoms with Gasteiger partial charge in [-0.25, -0.2) is 0 Å². The van der Waals surface area contributed by atoms with Gasteiger partial charge in [-0.15, -0.1) is 17.0 Å². The summed E-state index contributed by atoms with van der Waals surface area (Å²) in [6.45, 7) is 4.42. The molecule has 18 nitrogen and oxygen atoms in total. The minimum absolute atomic E-state index is 0. The molecule has 0 saturated heterocycles. The van der Waals surface area contributed by atoms with Crippen LogP contribution in [0.3, 0.4) is 0 Å². The van der Waals surface area contributed by atoms with Gasteiger partial charge < -0.3 is 30.0 Å². The summed E-state index contributed by atoms with van der Waals surface area (Å²) < 4.78 is -1.77. The van der Waals surface area contributed by atoms with Gasteiger partial charge in [0.1, 0.15) is 40.0 Å². The minimum Gasteiger partial charge on any atom is -0.389 e. The van der Waals surface area contributed by atoms with Crippen LogP contribution in [0.2, 0.25) is 0 Å². The molecule has 0 aliphatic rings. The Morgan fingerprint density at radius 2 is 1.00 bits per heavy atom. The number of halogens is 5. The number of nitrogens with zero attached hydrogens (tertiary/aromatic N) is 4. The van der Waals surface area contributed by atoms with Crippen LogP contribution >= 0.6 is 77.1 Å². The zero-order chi connectivity index (χ0) is 29.5. The van der Waals surface area contributed by atoms with Crippen LogP contribution in [0.1, 0.15) is 28.7 Å². The van der Waals surface area contributed by atoms with E-state index in [-0.39, 0.29) is 42.2 Å². The summed E-state index contributed by atoms with van der Waals surface area (Å²) in [6.07, 6.45) is 0. The Morgan fingerprint density at radius 1 is 0.784 bits per heavy atom. The lowest BCUT2D eigenvalue weighted by molar-refractivity contribution is -0.542. The fraction of sp³-hybridized carbons (Fsp3) is 0.857. The third-order valence-electron chi connectivity index (χ3n) is 2.05. The van der Waals surface area contributed by atoms with Crippen molar-refractivity contribution in [3.63, 3.8) is 0 Å². The molecule has 230 valence electrons. The maximum absolute atomic E-state index is 9.92. The molecule has 0 aromatic rings. The average Bonchev–Trinajstić information content (AvgIpc) is 2.83. The Labute approximate surface area is 256 Å². The lowest BCUT2D eigenvalue weighted by Crippen LogP contribution is -2.39. The van der Waals surface area contributed by atoms with Crippen molar-refractivity contribution in [1.29, 1.82) is 0 Å². The predicted octanol–water partition coefficient (Wildman–Crippen LogP) is 2.41. The van der Waals surface area contributed by atoms with E-state index in [4.69, 9.17) is 40.1 Å². The Balaban J connectivity index is -0.0000000303. The van der Waals surface area contributed by atoms with Gasteiger partial charge in [0.2, 0.25) is 6.04 Å². The first-order chi connectivity index (χ1) is 15.7. The van der Waals surface area contributed by atoms with Crippen LogP contribution in [0.15, 0.2) is 0 Å². The SMILES string of the molecule is Br.BrBr.C.C.C=O.C=O.CC(C)[N+](=O)[O-].O=[N+]([O-])C(Br)(CO)CO.O=[N+]([O-])C(CO)CO.O=[N+]([O-])CBr. The summed E-state index contributed by atoms with van der Waals surface area (Å²) in [6, 6.07) is -1.64. The Hall–Kier alpha value is -0.820. The molecule has 0 saturated carbocycles. The summed E-state index contributed by atoms with van der Waals surface area (Å²) in [5, 5.41) is 71.0. The van der Waals surface area contributed by atoms with Crippen LogP contribution in [0, 0.1) is 40.5 Å². The largest absolute Gasteiger partial charge is 0.389 e. The van der Waals surface area contributed by atoms with Gasteiger partial charge in [-0.1, -0.05) is 14.9 Å². The molecule has 0 spiro atoms. The molecule has 0 aromatic heterocycles. The lowest BCUT2D eigenvalue weighted by Gasteiger charge is -2.11. The molecule has 0 rings (SSSR count). The number of aliphatic hydroxyl groups is 4. The molecule has 0 bridgehead atoms. The van der Waals surface area contributed by atoms with E-state index in [2.05, 4.69) is 60.1 Å². The summed E-state index contributed by atoms with van der Waals surface area (Å²) in [4.78, 5) is 51.9. The molecule has 0 heterocycles. The van der Waals surface area contributed by atoms with Crippen LogP contribution in [-0.4, -0.2) is 102 Å². The average molecular weight is 883 g/mol. The van der Waals surface area contributed by atoms with Crippen LogP contribution in [0.25, 0.3) is 0 Å². The van der Waals surface area contributed by atoms with E-state index < -0.39 is 57.7 Å². The van der Waals surface area contributed by atoms with E-state index in [0.717, 1.165) is 0 Å². The predicted molar refractivity (Wildman–Crippen MR) is 157 cm³/mol. The van der Waals surface area contributed by atoms with Gasteiger partial charge >= 0.3 is 4.45 Å². The van der Waals surface area contributed by atoms with E-state index in [9.17, 15) is 30.3 Å². The molecule has 0 fully saturated rings. The van der Waals surface area contributed by atoms with Crippen molar-refractivity contribution in [2.45, 2.75) is 45.2 Å². The highest BCUT2D eigenvalue weighted by Crippen LogP contribution is 2.15. The van der Waals surface area contributed by atoms with Gasteiger partial charge in [-0.2, -0.15) is 0 Å². The fourth-order valence-electron chi connectivity index (χ4n) is 0.357. The molecule has 0 aliphatic carbocycles. The van der Waals surface area contributed by atoms with Crippen LogP contribution < -0.4 is 0 Å². The van der Waals surface area contributed by atoms with E-state index in [1.165, 1.54) is 0 Å². The molecule has 23 heteroatoms. The highest BCUT2D eigenvalue weighted by atomic mass is 80.9. The maximum Gasteiger partial charge on any atom is 0.319 e. The zero-order valence-corrected chi connectivity index (χ0v) is 26.2. The molecule has 0 aliphatic heterocycles. The molecule has 37 heavy (non-hydrogen) atoms. The van der Waals surface area contributed by atoms with Gasteiger partial charge in [-0.05, 0) is 15.9 Å². The number of carbonyl (C=O) groups excluding carboxylic acids is 2. The van der Waals surface area contributed by atoms with Crippen molar-refractivity contribution >= 4 is 90.7 Å². The summed E-state index contributed by atoms with van der Waals surface area (Å²) in [7, 11) is 0. The smallest absolute Gasteiger partial charge is 0.319 e. The second kappa shape index (κ2) is 51.8. The normalized spacial score (nSPS) is 7.78. The first-order valence-electron chi connectivity index (χ1n) is 7.64. The summed E-state index contributed by atoms with van der Waals surface area (Å²) >= 11 is 10.7. The van der Waals surface area contributed by atoms with Crippen molar-refractivity contribution in [3.05, 3.63) is 40.5 Å².